The number of rotatable bonds is 3. The van der Waals surface area contributed by atoms with Crippen molar-refractivity contribution < 1.29 is 32.2 Å². The molecular formula is C24H19F5O2. The van der Waals surface area contributed by atoms with Crippen molar-refractivity contribution in [1.82, 2.24) is 0 Å². The fraction of sp³-hybridized carbons (Fsp3) is 0.250. The van der Waals surface area contributed by atoms with Crippen LogP contribution in [-0.2, 0) is 0 Å². The smallest absolute Gasteiger partial charge is 0.200 e. The topological polar surface area (TPSA) is 40.5 Å². The summed E-state index contributed by atoms with van der Waals surface area (Å²) in [6, 6.07) is 8.91. The molecule has 0 aliphatic heterocycles. The molecule has 31 heavy (non-hydrogen) atoms. The second-order valence-electron chi connectivity index (χ2n) is 7.85. The lowest BCUT2D eigenvalue weighted by atomic mass is 9.76. The van der Waals surface area contributed by atoms with E-state index in [9.17, 15) is 32.2 Å². The molecule has 0 aromatic heterocycles. The summed E-state index contributed by atoms with van der Waals surface area (Å²) in [6.45, 7) is 0. The molecule has 4 rings (SSSR count). The van der Waals surface area contributed by atoms with Crippen LogP contribution in [0.1, 0.15) is 48.6 Å². The highest BCUT2D eigenvalue weighted by Gasteiger charge is 2.28. The first-order chi connectivity index (χ1) is 14.8. The minimum atomic E-state index is -1.43. The molecule has 3 aromatic carbocycles. The van der Waals surface area contributed by atoms with Crippen molar-refractivity contribution in [3.63, 3.8) is 0 Å². The maximum Gasteiger partial charge on any atom is 0.200 e. The predicted molar refractivity (Wildman–Crippen MR) is 105 cm³/mol. The summed E-state index contributed by atoms with van der Waals surface area (Å²) in [5, 5.41) is 18.5. The van der Waals surface area contributed by atoms with Gasteiger partial charge in [0.05, 0.1) is 0 Å². The molecular weight excluding hydrogens is 415 g/mol. The normalized spacial score (nSPS) is 18.9. The van der Waals surface area contributed by atoms with E-state index in [2.05, 4.69) is 0 Å². The Morgan fingerprint density at radius 2 is 1.13 bits per heavy atom. The molecule has 1 saturated carbocycles. The molecule has 0 saturated heterocycles. The predicted octanol–water partition coefficient (Wildman–Crippen LogP) is 6.90. The van der Waals surface area contributed by atoms with Gasteiger partial charge < -0.3 is 10.2 Å². The van der Waals surface area contributed by atoms with Crippen LogP contribution in [0.3, 0.4) is 0 Å². The summed E-state index contributed by atoms with van der Waals surface area (Å²) in [5.41, 5.74) is 0.514. The molecule has 0 amide bonds. The molecule has 0 atom stereocenters. The number of aromatic hydroxyl groups is 2. The Morgan fingerprint density at radius 1 is 0.581 bits per heavy atom. The number of benzene rings is 3. The van der Waals surface area contributed by atoms with Gasteiger partial charge in [-0.15, -0.1) is 0 Å². The third-order valence-corrected chi connectivity index (χ3v) is 6.08. The minimum absolute atomic E-state index is 0.00813. The fourth-order valence-electron chi connectivity index (χ4n) is 4.36. The molecule has 3 aromatic rings. The monoisotopic (exact) mass is 434 g/mol. The second kappa shape index (κ2) is 8.21. The summed E-state index contributed by atoms with van der Waals surface area (Å²) in [6.07, 6.45) is 2.36. The van der Waals surface area contributed by atoms with Crippen molar-refractivity contribution in [2.45, 2.75) is 37.5 Å². The van der Waals surface area contributed by atoms with Crippen LogP contribution in [0.4, 0.5) is 22.0 Å². The highest BCUT2D eigenvalue weighted by atomic mass is 19.2. The highest BCUT2D eigenvalue weighted by Crippen LogP contribution is 2.43. The molecule has 7 heteroatoms. The van der Waals surface area contributed by atoms with Gasteiger partial charge in [-0.1, -0.05) is 18.2 Å². The standard InChI is InChI=1S/C24H19F5O2/c25-18-11-14(5-6-16(18)17-8-10-20(31)24(29)22(17)27)12-1-3-13(4-2-12)15-7-9-19(30)23(28)21(15)26/h5-13,30-31H,1-4H2. The van der Waals surface area contributed by atoms with Crippen molar-refractivity contribution in [3.05, 3.63) is 82.7 Å². The van der Waals surface area contributed by atoms with Crippen LogP contribution in [0.25, 0.3) is 11.1 Å². The molecule has 0 bridgehead atoms. The molecule has 1 fully saturated rings. The Labute approximate surface area is 175 Å². The minimum Gasteiger partial charge on any atom is -0.505 e. The molecule has 162 valence electrons. The van der Waals surface area contributed by atoms with Gasteiger partial charge in [0, 0.05) is 11.1 Å². The van der Waals surface area contributed by atoms with Gasteiger partial charge in [-0.05, 0) is 72.9 Å². The number of phenols is 2. The van der Waals surface area contributed by atoms with Gasteiger partial charge in [0.2, 0.25) is 11.6 Å². The number of hydrogen-bond acceptors (Lipinski definition) is 2. The van der Waals surface area contributed by atoms with E-state index in [-0.39, 0.29) is 28.5 Å². The van der Waals surface area contributed by atoms with E-state index < -0.39 is 40.6 Å². The maximum absolute atomic E-state index is 14.7. The Kier molecular flexibility index (Phi) is 5.60. The third-order valence-electron chi connectivity index (χ3n) is 6.08. The van der Waals surface area contributed by atoms with Gasteiger partial charge in [0.15, 0.2) is 23.1 Å². The van der Waals surface area contributed by atoms with Gasteiger partial charge >= 0.3 is 0 Å². The Hall–Kier alpha value is -3.09. The largest absolute Gasteiger partial charge is 0.505 e. The quantitative estimate of drug-likeness (QED) is 0.440. The zero-order valence-electron chi connectivity index (χ0n) is 16.3. The van der Waals surface area contributed by atoms with Gasteiger partial charge in [0.25, 0.3) is 0 Å². The lowest BCUT2D eigenvalue weighted by molar-refractivity contribution is 0.370. The summed E-state index contributed by atoms with van der Waals surface area (Å²) in [4.78, 5) is 0. The Balaban J connectivity index is 1.52. The molecule has 0 spiro atoms. The van der Waals surface area contributed by atoms with Crippen LogP contribution in [0.5, 0.6) is 11.5 Å². The lowest BCUT2D eigenvalue weighted by Gasteiger charge is -2.29. The van der Waals surface area contributed by atoms with Crippen LogP contribution < -0.4 is 0 Å². The van der Waals surface area contributed by atoms with Crippen molar-refractivity contribution in [2.75, 3.05) is 0 Å². The average Bonchev–Trinajstić information content (AvgIpc) is 2.77. The Bertz CT molecular complexity index is 1140. The maximum atomic E-state index is 14.7. The van der Waals surface area contributed by atoms with Gasteiger partial charge in [-0.2, -0.15) is 8.78 Å². The second-order valence-corrected chi connectivity index (χ2v) is 7.85. The van der Waals surface area contributed by atoms with Crippen molar-refractivity contribution >= 4 is 0 Å². The third kappa shape index (κ3) is 3.84. The fourth-order valence-corrected chi connectivity index (χ4v) is 4.36. The van der Waals surface area contributed by atoms with Crippen molar-refractivity contribution in [3.8, 4) is 22.6 Å². The summed E-state index contributed by atoms with van der Waals surface area (Å²) < 4.78 is 70.2. The number of phenolic OH excluding ortho intramolecular Hbond substituents is 2. The van der Waals surface area contributed by atoms with E-state index in [0.29, 0.717) is 31.2 Å². The zero-order chi connectivity index (χ0) is 22.3. The first-order valence-corrected chi connectivity index (χ1v) is 9.91. The van der Waals surface area contributed by atoms with E-state index in [1.165, 1.54) is 18.2 Å². The van der Waals surface area contributed by atoms with Crippen LogP contribution in [0.15, 0.2) is 42.5 Å². The van der Waals surface area contributed by atoms with Crippen LogP contribution >= 0.6 is 0 Å². The lowest BCUT2D eigenvalue weighted by Crippen LogP contribution is -2.14. The van der Waals surface area contributed by atoms with Gasteiger partial charge in [-0.25, -0.2) is 13.2 Å². The van der Waals surface area contributed by atoms with E-state index in [0.717, 1.165) is 18.2 Å². The summed E-state index contributed by atoms with van der Waals surface area (Å²) in [5.74, 6) is -7.55. The van der Waals surface area contributed by atoms with Crippen molar-refractivity contribution in [2.24, 2.45) is 0 Å². The SMILES string of the molecule is Oc1ccc(-c2ccc(C3CCC(c4ccc(O)c(F)c4F)CC3)cc2F)c(F)c1F. The summed E-state index contributed by atoms with van der Waals surface area (Å²) in [7, 11) is 0. The first kappa shape index (κ1) is 21.2. The first-order valence-electron chi connectivity index (χ1n) is 9.91. The molecule has 2 nitrogen and oxygen atoms in total. The van der Waals surface area contributed by atoms with Gasteiger partial charge in [-0.3, -0.25) is 0 Å². The average molecular weight is 434 g/mol. The van der Waals surface area contributed by atoms with E-state index in [1.54, 1.807) is 6.07 Å². The molecule has 1 aliphatic carbocycles. The summed E-state index contributed by atoms with van der Waals surface area (Å²) >= 11 is 0. The molecule has 0 heterocycles. The molecule has 2 N–H and O–H groups in total. The van der Waals surface area contributed by atoms with Crippen LogP contribution in [-0.4, -0.2) is 10.2 Å². The van der Waals surface area contributed by atoms with Crippen LogP contribution in [0, 0.1) is 29.1 Å². The molecule has 1 aliphatic rings. The molecule has 0 unspecified atom stereocenters. The molecule has 0 radical (unpaired) electrons. The number of hydrogen-bond donors (Lipinski definition) is 2. The Morgan fingerprint density at radius 3 is 1.77 bits per heavy atom. The number of halogens is 5. The van der Waals surface area contributed by atoms with Gasteiger partial charge in [0.1, 0.15) is 5.82 Å². The van der Waals surface area contributed by atoms with E-state index in [4.69, 9.17) is 0 Å². The highest BCUT2D eigenvalue weighted by molar-refractivity contribution is 5.66. The van der Waals surface area contributed by atoms with E-state index >= 15 is 0 Å². The van der Waals surface area contributed by atoms with Crippen LogP contribution in [0.2, 0.25) is 0 Å². The van der Waals surface area contributed by atoms with E-state index in [1.807, 2.05) is 0 Å². The van der Waals surface area contributed by atoms with Crippen molar-refractivity contribution in [1.29, 1.82) is 0 Å². The zero-order valence-corrected chi connectivity index (χ0v) is 16.3.